The number of benzene rings is 2. The molecule has 0 N–H and O–H groups in total. The Bertz CT molecular complexity index is 1010. The van der Waals surface area contributed by atoms with Crippen molar-refractivity contribution in [2.24, 2.45) is 0 Å². The van der Waals surface area contributed by atoms with Gasteiger partial charge in [-0.3, -0.25) is 4.79 Å². The Morgan fingerprint density at radius 1 is 1.07 bits per heavy atom. The molecule has 1 amide bonds. The first-order chi connectivity index (χ1) is 12.9. The molecule has 8 heteroatoms. The molecule has 0 saturated carbocycles. The van der Waals surface area contributed by atoms with Gasteiger partial charge in [-0.1, -0.05) is 35.5 Å². The van der Waals surface area contributed by atoms with E-state index in [0.29, 0.717) is 6.42 Å². The van der Waals surface area contributed by atoms with Gasteiger partial charge in [-0.2, -0.15) is 13.2 Å². The van der Waals surface area contributed by atoms with E-state index in [-0.39, 0.29) is 23.3 Å². The van der Waals surface area contributed by atoms with Crippen LogP contribution in [0.2, 0.25) is 0 Å². The Hall–Kier alpha value is -3.16. The van der Waals surface area contributed by atoms with Crippen molar-refractivity contribution in [3.05, 3.63) is 71.5 Å². The molecule has 0 radical (unpaired) electrons. The lowest BCUT2D eigenvalue weighted by Gasteiger charge is -2.21. The summed E-state index contributed by atoms with van der Waals surface area (Å²) in [7, 11) is 0. The molecule has 0 saturated heterocycles. The number of hydrogen-bond acceptors (Lipinski definition) is 3. The van der Waals surface area contributed by atoms with Crippen molar-refractivity contribution < 1.29 is 18.0 Å². The SMILES string of the molecule is C[C@H]1Cc2ccccc2N1C(=O)c1cn(-c2ccccc2C(F)(F)F)nn1. The first-order valence-electron chi connectivity index (χ1n) is 8.36. The van der Waals surface area contributed by atoms with Crippen LogP contribution >= 0.6 is 0 Å². The van der Waals surface area contributed by atoms with Gasteiger partial charge in [-0.25, -0.2) is 4.68 Å². The molecule has 0 bridgehead atoms. The Labute approximate surface area is 153 Å². The Morgan fingerprint density at radius 3 is 2.48 bits per heavy atom. The van der Waals surface area contributed by atoms with E-state index in [9.17, 15) is 18.0 Å². The molecule has 4 rings (SSSR count). The molecule has 1 aliphatic rings. The summed E-state index contributed by atoms with van der Waals surface area (Å²) >= 11 is 0. The number of amides is 1. The molecule has 1 aromatic heterocycles. The van der Waals surface area contributed by atoms with E-state index < -0.39 is 11.7 Å². The van der Waals surface area contributed by atoms with Crippen molar-refractivity contribution >= 4 is 11.6 Å². The number of halogens is 3. The fraction of sp³-hybridized carbons (Fsp3) is 0.211. The third-order valence-corrected chi connectivity index (χ3v) is 4.59. The predicted molar refractivity (Wildman–Crippen MR) is 92.8 cm³/mol. The maximum Gasteiger partial charge on any atom is 0.418 e. The molecule has 138 valence electrons. The minimum absolute atomic E-state index is 0.00414. The quantitative estimate of drug-likeness (QED) is 0.686. The highest BCUT2D eigenvalue weighted by Gasteiger charge is 2.35. The van der Waals surface area contributed by atoms with Crippen LogP contribution in [-0.2, 0) is 12.6 Å². The van der Waals surface area contributed by atoms with Crippen LogP contribution in [-0.4, -0.2) is 26.9 Å². The molecule has 27 heavy (non-hydrogen) atoms. The monoisotopic (exact) mass is 372 g/mol. The van der Waals surface area contributed by atoms with Crippen molar-refractivity contribution in [1.82, 2.24) is 15.0 Å². The van der Waals surface area contributed by atoms with Gasteiger partial charge in [0.25, 0.3) is 5.91 Å². The maximum atomic E-state index is 13.2. The summed E-state index contributed by atoms with van der Waals surface area (Å²) in [6.45, 7) is 1.92. The summed E-state index contributed by atoms with van der Waals surface area (Å²) < 4.78 is 40.7. The van der Waals surface area contributed by atoms with Crippen LogP contribution in [0.25, 0.3) is 5.69 Å². The first kappa shape index (κ1) is 17.3. The average molecular weight is 372 g/mol. The number of hydrogen-bond donors (Lipinski definition) is 0. The van der Waals surface area contributed by atoms with Crippen molar-refractivity contribution in [3.63, 3.8) is 0 Å². The van der Waals surface area contributed by atoms with Crippen molar-refractivity contribution in [1.29, 1.82) is 0 Å². The van der Waals surface area contributed by atoms with Gasteiger partial charge in [0.2, 0.25) is 0 Å². The van der Waals surface area contributed by atoms with Gasteiger partial charge in [-0.05, 0) is 37.1 Å². The zero-order valence-corrected chi connectivity index (χ0v) is 14.3. The summed E-state index contributed by atoms with van der Waals surface area (Å²) in [6.07, 6.45) is -2.58. The number of fused-ring (bicyclic) bond motifs is 1. The molecule has 0 aliphatic carbocycles. The topological polar surface area (TPSA) is 51.0 Å². The minimum atomic E-state index is -4.53. The van der Waals surface area contributed by atoms with Crippen LogP contribution in [0.4, 0.5) is 18.9 Å². The molecule has 1 atom stereocenters. The van der Waals surface area contributed by atoms with E-state index in [1.165, 1.54) is 24.4 Å². The van der Waals surface area contributed by atoms with Gasteiger partial charge in [0.05, 0.1) is 17.4 Å². The lowest BCUT2D eigenvalue weighted by Crippen LogP contribution is -2.35. The highest BCUT2D eigenvalue weighted by molar-refractivity contribution is 6.06. The summed E-state index contributed by atoms with van der Waals surface area (Å²) in [4.78, 5) is 14.5. The third kappa shape index (κ3) is 2.97. The highest BCUT2D eigenvalue weighted by Crippen LogP contribution is 2.34. The number of alkyl halides is 3. The largest absolute Gasteiger partial charge is 0.418 e. The summed E-state index contributed by atoms with van der Waals surface area (Å²) in [5, 5.41) is 7.58. The first-order valence-corrected chi connectivity index (χ1v) is 8.36. The van der Waals surface area contributed by atoms with Crippen LogP contribution in [0.1, 0.15) is 28.5 Å². The van der Waals surface area contributed by atoms with Crippen molar-refractivity contribution in [2.75, 3.05) is 4.90 Å². The number of anilines is 1. The smallest absolute Gasteiger partial charge is 0.304 e. The van der Waals surface area contributed by atoms with E-state index in [4.69, 9.17) is 0 Å². The zero-order chi connectivity index (χ0) is 19.2. The van der Waals surface area contributed by atoms with Gasteiger partial charge in [-0.15, -0.1) is 5.10 Å². The van der Waals surface area contributed by atoms with E-state index in [1.807, 2.05) is 31.2 Å². The Morgan fingerprint density at radius 2 is 1.74 bits per heavy atom. The second-order valence-corrected chi connectivity index (χ2v) is 6.42. The number of rotatable bonds is 2. The Kier molecular flexibility index (Phi) is 3.98. The number of aromatic nitrogens is 3. The third-order valence-electron chi connectivity index (χ3n) is 4.59. The van der Waals surface area contributed by atoms with Gasteiger partial charge in [0.15, 0.2) is 5.69 Å². The standard InChI is InChI=1S/C19H15F3N4O/c1-12-10-13-6-2-4-8-16(13)26(12)18(27)15-11-25(24-23-15)17-9-5-3-7-14(17)19(20,21)22/h2-9,11-12H,10H2,1H3/t12-/m0/s1. The second-order valence-electron chi connectivity index (χ2n) is 6.42. The number of carbonyl (C=O) groups is 1. The van der Waals surface area contributed by atoms with E-state index >= 15 is 0 Å². The fourth-order valence-corrected chi connectivity index (χ4v) is 3.39. The highest BCUT2D eigenvalue weighted by atomic mass is 19.4. The molecule has 0 fully saturated rings. The van der Waals surface area contributed by atoms with Gasteiger partial charge in [0.1, 0.15) is 0 Å². The molecule has 0 spiro atoms. The molecule has 3 aromatic rings. The van der Waals surface area contributed by atoms with Crippen LogP contribution in [0.3, 0.4) is 0 Å². The molecular formula is C19H15F3N4O. The van der Waals surface area contributed by atoms with E-state index in [2.05, 4.69) is 10.3 Å². The van der Waals surface area contributed by atoms with Crippen LogP contribution in [0.15, 0.2) is 54.7 Å². The van der Waals surface area contributed by atoms with Crippen LogP contribution in [0.5, 0.6) is 0 Å². The van der Waals surface area contributed by atoms with E-state index in [0.717, 1.165) is 22.0 Å². The van der Waals surface area contributed by atoms with E-state index in [1.54, 1.807) is 4.90 Å². The molecule has 2 aromatic carbocycles. The van der Waals surface area contributed by atoms with Crippen molar-refractivity contribution in [2.45, 2.75) is 25.6 Å². The summed E-state index contributed by atoms with van der Waals surface area (Å²) in [5.41, 5.74) is 0.823. The lowest BCUT2D eigenvalue weighted by atomic mass is 10.1. The molecular weight excluding hydrogens is 357 g/mol. The average Bonchev–Trinajstić information content (AvgIpc) is 3.24. The molecule has 0 unspecified atom stereocenters. The molecule has 5 nitrogen and oxygen atoms in total. The lowest BCUT2D eigenvalue weighted by molar-refractivity contribution is -0.137. The zero-order valence-electron chi connectivity index (χ0n) is 14.3. The predicted octanol–water partition coefficient (Wildman–Crippen LogP) is 3.88. The van der Waals surface area contributed by atoms with Gasteiger partial charge in [0, 0.05) is 11.7 Å². The molecule has 1 aliphatic heterocycles. The minimum Gasteiger partial charge on any atom is -0.304 e. The maximum absolute atomic E-state index is 13.2. The van der Waals surface area contributed by atoms with Crippen molar-refractivity contribution in [3.8, 4) is 5.69 Å². The Balaban J connectivity index is 1.70. The fourth-order valence-electron chi connectivity index (χ4n) is 3.39. The summed E-state index contributed by atoms with van der Waals surface area (Å²) in [5.74, 6) is -0.386. The normalized spacial score (nSPS) is 16.4. The molecule has 2 heterocycles. The van der Waals surface area contributed by atoms with Gasteiger partial charge >= 0.3 is 6.18 Å². The second kappa shape index (κ2) is 6.22. The number of nitrogens with zero attached hydrogens (tertiary/aromatic N) is 4. The number of carbonyl (C=O) groups excluding carboxylic acids is 1. The van der Waals surface area contributed by atoms with Crippen LogP contribution in [0, 0.1) is 0 Å². The van der Waals surface area contributed by atoms with Crippen LogP contribution < -0.4 is 4.90 Å². The number of para-hydroxylation sites is 2. The van der Waals surface area contributed by atoms with Gasteiger partial charge < -0.3 is 4.90 Å². The summed E-state index contributed by atoms with van der Waals surface area (Å²) in [6, 6.07) is 12.5.